The fourth-order valence-corrected chi connectivity index (χ4v) is 1.94. The van der Waals surface area contributed by atoms with Crippen molar-refractivity contribution in [2.75, 3.05) is 0 Å². The van der Waals surface area contributed by atoms with E-state index in [4.69, 9.17) is 5.73 Å². The van der Waals surface area contributed by atoms with Gasteiger partial charge in [-0.05, 0) is 47.7 Å². The van der Waals surface area contributed by atoms with Gasteiger partial charge in [0.1, 0.15) is 0 Å². The van der Waals surface area contributed by atoms with E-state index in [-0.39, 0.29) is 10.5 Å². The van der Waals surface area contributed by atoms with Crippen LogP contribution in [0.25, 0.3) is 0 Å². The predicted octanol–water partition coefficient (Wildman–Crippen LogP) is 2.85. The molecule has 0 fully saturated rings. The number of rotatable bonds is 4. The molecular weight excluding hydrogens is 242 g/mol. The zero-order chi connectivity index (χ0) is 13.8. The first-order chi connectivity index (χ1) is 8.36. The van der Waals surface area contributed by atoms with Gasteiger partial charge in [0.2, 0.25) is 0 Å². The maximum Gasteiger partial charge on any atom is 0.184 e. The topological polar surface area (TPSA) is 50.4 Å². The average Bonchev–Trinajstić information content (AvgIpc) is 2.28. The molecule has 3 nitrogen and oxygen atoms in total. The lowest BCUT2D eigenvalue weighted by molar-refractivity contribution is 0.503. The lowest BCUT2D eigenvalue weighted by atomic mass is 9.79. The van der Waals surface area contributed by atoms with Gasteiger partial charge in [0, 0.05) is 0 Å². The molecule has 0 aliphatic carbocycles. The Labute approximate surface area is 114 Å². The molecule has 0 atom stereocenters. The number of thiocarbonyl (C=S) groups is 1. The molecule has 98 valence electrons. The number of aryl methyl sites for hydroxylation is 1. The fraction of sp³-hybridized carbons (Fsp3) is 0.429. The third-order valence-electron chi connectivity index (χ3n) is 3.25. The molecule has 0 unspecified atom stereocenters. The van der Waals surface area contributed by atoms with Crippen LogP contribution in [0.1, 0.15) is 43.9 Å². The number of hydrogen-bond acceptors (Lipinski definition) is 2. The minimum absolute atomic E-state index is 0.173. The summed E-state index contributed by atoms with van der Waals surface area (Å²) in [5.74, 6) is 0. The molecule has 0 amide bonds. The number of nitrogens with two attached hydrogens (primary N) is 1. The van der Waals surface area contributed by atoms with Crippen LogP contribution < -0.4 is 11.2 Å². The maximum atomic E-state index is 5.29. The molecule has 1 aromatic rings. The van der Waals surface area contributed by atoms with Crippen molar-refractivity contribution in [1.82, 2.24) is 5.43 Å². The predicted molar refractivity (Wildman–Crippen MR) is 82.0 cm³/mol. The summed E-state index contributed by atoms with van der Waals surface area (Å²) in [6.07, 6.45) is 2.83. The van der Waals surface area contributed by atoms with Crippen molar-refractivity contribution < 1.29 is 0 Å². The Morgan fingerprint density at radius 3 is 2.67 bits per heavy atom. The molecule has 0 saturated carbocycles. The normalized spacial score (nSPS) is 11.8. The number of benzene rings is 1. The second kappa shape index (κ2) is 5.96. The van der Waals surface area contributed by atoms with E-state index in [0.717, 1.165) is 12.0 Å². The van der Waals surface area contributed by atoms with Crippen molar-refractivity contribution in [3.8, 4) is 0 Å². The van der Waals surface area contributed by atoms with Crippen molar-refractivity contribution in [2.24, 2.45) is 10.8 Å². The minimum Gasteiger partial charge on any atom is -0.375 e. The Bertz CT molecular complexity index is 464. The molecule has 0 heterocycles. The van der Waals surface area contributed by atoms with Crippen LogP contribution in [0.2, 0.25) is 0 Å². The molecule has 0 saturated heterocycles. The van der Waals surface area contributed by atoms with Crippen molar-refractivity contribution in [3.05, 3.63) is 34.9 Å². The summed E-state index contributed by atoms with van der Waals surface area (Å²) in [4.78, 5) is 0. The Morgan fingerprint density at radius 1 is 1.50 bits per heavy atom. The SMILES string of the molecule is CCC(C)(C)c1ccc(/C=N/NC(N)=S)cc1C. The second-order valence-corrected chi connectivity index (χ2v) is 5.49. The van der Waals surface area contributed by atoms with Crippen LogP contribution in [-0.4, -0.2) is 11.3 Å². The van der Waals surface area contributed by atoms with Gasteiger partial charge >= 0.3 is 0 Å². The third kappa shape index (κ3) is 3.81. The minimum atomic E-state index is 0.173. The fourth-order valence-electron chi connectivity index (χ4n) is 1.89. The number of nitrogens with one attached hydrogen (secondary N) is 1. The smallest absolute Gasteiger partial charge is 0.184 e. The molecule has 3 N–H and O–H groups in total. The first-order valence-corrected chi connectivity index (χ1v) is 6.47. The lowest BCUT2D eigenvalue weighted by Gasteiger charge is -2.25. The van der Waals surface area contributed by atoms with Crippen molar-refractivity contribution in [3.63, 3.8) is 0 Å². The zero-order valence-corrected chi connectivity index (χ0v) is 12.3. The summed E-state index contributed by atoms with van der Waals surface area (Å²) < 4.78 is 0. The first kappa shape index (κ1) is 14.6. The van der Waals surface area contributed by atoms with Crippen LogP contribution in [0.3, 0.4) is 0 Å². The van der Waals surface area contributed by atoms with Gasteiger partial charge in [-0.3, -0.25) is 5.43 Å². The van der Waals surface area contributed by atoms with Crippen LogP contribution in [0.4, 0.5) is 0 Å². The maximum absolute atomic E-state index is 5.29. The summed E-state index contributed by atoms with van der Waals surface area (Å²) in [6, 6.07) is 6.35. The van der Waals surface area contributed by atoms with E-state index in [1.54, 1.807) is 6.21 Å². The molecule has 18 heavy (non-hydrogen) atoms. The average molecular weight is 263 g/mol. The molecule has 4 heteroatoms. The number of nitrogens with zero attached hydrogens (tertiary/aromatic N) is 1. The quantitative estimate of drug-likeness (QED) is 0.499. The molecule has 0 aromatic heterocycles. The van der Waals surface area contributed by atoms with Crippen LogP contribution in [0.5, 0.6) is 0 Å². The molecular formula is C14H21N3S. The van der Waals surface area contributed by atoms with Crippen molar-refractivity contribution in [2.45, 2.75) is 39.5 Å². The van der Waals surface area contributed by atoms with E-state index in [2.05, 4.69) is 68.6 Å². The number of hydrazone groups is 1. The van der Waals surface area contributed by atoms with Gasteiger partial charge in [0.15, 0.2) is 5.11 Å². The highest BCUT2D eigenvalue weighted by Crippen LogP contribution is 2.29. The highest BCUT2D eigenvalue weighted by Gasteiger charge is 2.19. The highest BCUT2D eigenvalue weighted by atomic mass is 32.1. The first-order valence-electron chi connectivity index (χ1n) is 6.06. The Morgan fingerprint density at radius 2 is 2.17 bits per heavy atom. The van der Waals surface area contributed by atoms with E-state index in [0.29, 0.717) is 0 Å². The molecule has 1 rings (SSSR count). The van der Waals surface area contributed by atoms with Gasteiger partial charge in [0.25, 0.3) is 0 Å². The second-order valence-electron chi connectivity index (χ2n) is 5.05. The Hall–Kier alpha value is -1.42. The van der Waals surface area contributed by atoms with Gasteiger partial charge in [-0.25, -0.2) is 0 Å². The largest absolute Gasteiger partial charge is 0.375 e. The van der Waals surface area contributed by atoms with E-state index in [9.17, 15) is 0 Å². The molecule has 0 aliphatic rings. The Kier molecular flexibility index (Phi) is 4.84. The monoisotopic (exact) mass is 263 g/mol. The zero-order valence-electron chi connectivity index (χ0n) is 11.4. The standard InChI is InChI=1S/C14H21N3S/c1-5-14(3,4)12-7-6-11(8-10(12)2)9-16-17-13(15)18/h6-9H,5H2,1-4H3,(H3,15,17,18)/b16-9+. The van der Waals surface area contributed by atoms with Crippen molar-refractivity contribution in [1.29, 1.82) is 0 Å². The highest BCUT2D eigenvalue weighted by molar-refractivity contribution is 7.80. The summed E-state index contributed by atoms with van der Waals surface area (Å²) >= 11 is 4.67. The van der Waals surface area contributed by atoms with Gasteiger partial charge in [-0.15, -0.1) is 0 Å². The third-order valence-corrected chi connectivity index (χ3v) is 3.34. The number of hydrogen-bond donors (Lipinski definition) is 2. The molecule has 1 aromatic carbocycles. The summed E-state index contributed by atoms with van der Waals surface area (Å²) in [5, 5.41) is 4.13. The summed E-state index contributed by atoms with van der Waals surface area (Å²) in [5.41, 5.74) is 11.7. The van der Waals surface area contributed by atoms with E-state index >= 15 is 0 Å². The van der Waals surface area contributed by atoms with Gasteiger partial charge in [0.05, 0.1) is 6.21 Å². The van der Waals surface area contributed by atoms with Gasteiger partial charge in [-0.1, -0.05) is 39.0 Å². The molecule has 0 aliphatic heterocycles. The van der Waals surface area contributed by atoms with Crippen LogP contribution in [-0.2, 0) is 5.41 Å². The van der Waals surface area contributed by atoms with Gasteiger partial charge < -0.3 is 5.73 Å². The lowest BCUT2D eigenvalue weighted by Crippen LogP contribution is -2.24. The van der Waals surface area contributed by atoms with Crippen LogP contribution >= 0.6 is 12.2 Å². The summed E-state index contributed by atoms with van der Waals surface area (Å²) in [7, 11) is 0. The van der Waals surface area contributed by atoms with E-state index < -0.39 is 0 Å². The summed E-state index contributed by atoms with van der Waals surface area (Å²) in [6.45, 7) is 8.86. The molecule has 0 spiro atoms. The van der Waals surface area contributed by atoms with Gasteiger partial charge in [-0.2, -0.15) is 5.10 Å². The van der Waals surface area contributed by atoms with Crippen LogP contribution in [0.15, 0.2) is 23.3 Å². The van der Waals surface area contributed by atoms with E-state index in [1.165, 1.54) is 11.1 Å². The van der Waals surface area contributed by atoms with Crippen LogP contribution in [0, 0.1) is 6.92 Å². The molecule has 0 bridgehead atoms. The molecule has 0 radical (unpaired) electrons. The van der Waals surface area contributed by atoms with Crippen molar-refractivity contribution >= 4 is 23.5 Å². The Balaban J connectivity index is 2.93. The van der Waals surface area contributed by atoms with E-state index in [1.807, 2.05) is 0 Å².